The smallest absolute Gasteiger partial charge is 0.243 e. The first-order chi connectivity index (χ1) is 10.7. The van der Waals surface area contributed by atoms with Gasteiger partial charge in [-0.25, -0.2) is 18.4 Å². The van der Waals surface area contributed by atoms with Gasteiger partial charge in [0, 0.05) is 22.6 Å². The number of alkyl halides is 3. The Bertz CT molecular complexity index is 977. The van der Waals surface area contributed by atoms with E-state index >= 15 is 0 Å². The predicted molar refractivity (Wildman–Crippen MR) is 81.0 cm³/mol. The fraction of sp³-hybridized carbons (Fsp3) is 0.143. The second-order valence-corrected chi connectivity index (χ2v) is 7.62. The largest absolute Gasteiger partial charge is 0.435 e. The highest BCUT2D eigenvalue weighted by atomic mass is 32.2. The van der Waals surface area contributed by atoms with Gasteiger partial charge in [0.25, 0.3) is 0 Å². The number of hydrogen-bond donors (Lipinski definition) is 0. The molecule has 0 aliphatic rings. The van der Waals surface area contributed by atoms with Crippen LogP contribution in [0.3, 0.4) is 0 Å². The summed E-state index contributed by atoms with van der Waals surface area (Å²) in [5.74, 6) is 0. The maximum Gasteiger partial charge on any atom is 0.435 e. The molecule has 9 heteroatoms. The van der Waals surface area contributed by atoms with Gasteiger partial charge in [-0.15, -0.1) is 11.3 Å². The molecule has 0 amide bonds. The molecule has 3 rings (SSSR count). The van der Waals surface area contributed by atoms with Crippen LogP contribution in [0.4, 0.5) is 13.2 Å². The fourth-order valence-corrected chi connectivity index (χ4v) is 3.36. The third-order valence-corrected chi connectivity index (χ3v) is 4.98. The van der Waals surface area contributed by atoms with E-state index in [0.29, 0.717) is 5.52 Å². The lowest BCUT2D eigenvalue weighted by atomic mass is 10.1. The van der Waals surface area contributed by atoms with Crippen LogP contribution in [0.1, 0.15) is 5.69 Å². The number of rotatable bonds is 2. The van der Waals surface area contributed by atoms with Crippen LogP contribution < -0.4 is 0 Å². The summed E-state index contributed by atoms with van der Waals surface area (Å²) in [6.45, 7) is 0. The molecule has 1 aromatic carbocycles. The zero-order valence-corrected chi connectivity index (χ0v) is 13.3. The first kappa shape index (κ1) is 15.9. The lowest BCUT2D eigenvalue weighted by Gasteiger charge is -2.11. The molecule has 0 saturated carbocycles. The topological polar surface area (TPSA) is 59.9 Å². The third-order valence-electron chi connectivity index (χ3n) is 3.14. The van der Waals surface area contributed by atoms with Crippen molar-refractivity contribution in [1.29, 1.82) is 0 Å². The summed E-state index contributed by atoms with van der Waals surface area (Å²) >= 11 is 1.21. The Morgan fingerprint density at radius 2 is 1.57 bits per heavy atom. The molecule has 0 unspecified atom stereocenters. The van der Waals surface area contributed by atoms with Gasteiger partial charge in [-0.2, -0.15) is 13.2 Å². The van der Waals surface area contributed by atoms with Crippen molar-refractivity contribution >= 4 is 32.2 Å². The normalized spacial score (nSPS) is 12.7. The molecule has 0 radical (unpaired) electrons. The average Bonchev–Trinajstić information content (AvgIpc) is 2.91. The van der Waals surface area contributed by atoms with Crippen LogP contribution in [0, 0.1) is 0 Å². The minimum Gasteiger partial charge on any atom is -0.243 e. The molecule has 0 N–H and O–H groups in total. The lowest BCUT2D eigenvalue weighted by molar-refractivity contribution is -0.140. The van der Waals surface area contributed by atoms with Crippen molar-refractivity contribution in [2.45, 2.75) is 11.1 Å². The summed E-state index contributed by atoms with van der Waals surface area (Å²) in [6.07, 6.45) is -3.63. The molecule has 0 aliphatic carbocycles. The standard InChI is InChI=1S/C14H9F3N2O2S2/c1-23(20,21)9-4-2-8(3-5-9)12-13(14(15,16)17)19-11-7-22-6-10(11)18-12/h2-7H,1H3. The molecule has 0 spiro atoms. The van der Waals surface area contributed by atoms with Crippen LogP contribution in [0.15, 0.2) is 39.9 Å². The van der Waals surface area contributed by atoms with E-state index in [-0.39, 0.29) is 21.7 Å². The maximum absolute atomic E-state index is 13.2. The number of hydrogen-bond acceptors (Lipinski definition) is 5. The van der Waals surface area contributed by atoms with Crippen molar-refractivity contribution in [3.63, 3.8) is 0 Å². The Kier molecular flexibility index (Phi) is 3.64. The predicted octanol–water partition coefficient (Wildman–Crippen LogP) is 3.78. The molecule has 0 atom stereocenters. The Hall–Kier alpha value is -2.00. The second kappa shape index (κ2) is 5.27. The van der Waals surface area contributed by atoms with E-state index in [9.17, 15) is 21.6 Å². The number of benzene rings is 1. The molecule has 4 nitrogen and oxygen atoms in total. The summed E-state index contributed by atoms with van der Waals surface area (Å²) in [5.41, 5.74) is -0.701. The van der Waals surface area contributed by atoms with Gasteiger partial charge >= 0.3 is 6.18 Å². The Balaban J connectivity index is 2.22. The quantitative estimate of drug-likeness (QED) is 0.699. The van der Waals surface area contributed by atoms with Crippen LogP contribution >= 0.6 is 11.3 Å². The Morgan fingerprint density at radius 1 is 1.00 bits per heavy atom. The van der Waals surface area contributed by atoms with Crippen molar-refractivity contribution < 1.29 is 21.6 Å². The highest BCUT2D eigenvalue weighted by Gasteiger charge is 2.37. The van der Waals surface area contributed by atoms with Gasteiger partial charge in [0.1, 0.15) is 16.7 Å². The van der Waals surface area contributed by atoms with Crippen LogP contribution in [-0.2, 0) is 16.0 Å². The molecule has 2 heterocycles. The molecular formula is C14H9F3N2O2S2. The summed E-state index contributed by atoms with van der Waals surface area (Å²) in [7, 11) is -3.42. The summed E-state index contributed by atoms with van der Waals surface area (Å²) < 4.78 is 62.6. The zero-order valence-electron chi connectivity index (χ0n) is 11.6. The van der Waals surface area contributed by atoms with E-state index in [1.165, 1.54) is 41.0 Å². The number of thiophene rings is 1. The Morgan fingerprint density at radius 3 is 2.09 bits per heavy atom. The molecule has 3 aromatic rings. The van der Waals surface area contributed by atoms with E-state index in [0.717, 1.165) is 6.26 Å². The number of aromatic nitrogens is 2. The number of fused-ring (bicyclic) bond motifs is 1. The molecule has 120 valence electrons. The Labute approximate surface area is 133 Å². The molecule has 23 heavy (non-hydrogen) atoms. The average molecular weight is 358 g/mol. The number of sulfone groups is 1. The van der Waals surface area contributed by atoms with Crippen LogP contribution in [-0.4, -0.2) is 24.6 Å². The minimum absolute atomic E-state index is 0.0272. The SMILES string of the molecule is CS(=O)(=O)c1ccc(-c2nc3cscc3nc2C(F)(F)F)cc1. The van der Waals surface area contributed by atoms with E-state index in [4.69, 9.17) is 0 Å². The van der Waals surface area contributed by atoms with Crippen molar-refractivity contribution in [2.75, 3.05) is 6.26 Å². The van der Waals surface area contributed by atoms with Gasteiger partial charge in [0.15, 0.2) is 15.5 Å². The minimum atomic E-state index is -4.66. The highest BCUT2D eigenvalue weighted by molar-refractivity contribution is 7.90. The summed E-state index contributed by atoms with van der Waals surface area (Å²) in [5, 5.41) is 3.10. The second-order valence-electron chi connectivity index (χ2n) is 4.86. The zero-order chi connectivity index (χ0) is 16.8. The van der Waals surface area contributed by atoms with Crippen molar-refractivity contribution in [1.82, 2.24) is 9.97 Å². The molecular weight excluding hydrogens is 349 g/mol. The highest BCUT2D eigenvalue weighted by Crippen LogP contribution is 2.36. The van der Waals surface area contributed by atoms with Crippen molar-refractivity contribution in [3.8, 4) is 11.3 Å². The molecule has 2 aromatic heterocycles. The van der Waals surface area contributed by atoms with Crippen LogP contribution in [0.5, 0.6) is 0 Å². The van der Waals surface area contributed by atoms with Gasteiger partial charge < -0.3 is 0 Å². The van der Waals surface area contributed by atoms with Crippen molar-refractivity contribution in [2.24, 2.45) is 0 Å². The lowest BCUT2D eigenvalue weighted by Crippen LogP contribution is -2.11. The molecule has 0 bridgehead atoms. The molecule has 0 saturated heterocycles. The maximum atomic E-state index is 13.2. The van der Waals surface area contributed by atoms with Crippen LogP contribution in [0.2, 0.25) is 0 Å². The van der Waals surface area contributed by atoms with Gasteiger partial charge in [0.05, 0.1) is 4.90 Å². The molecule has 0 fully saturated rings. The first-order valence-electron chi connectivity index (χ1n) is 6.28. The van der Waals surface area contributed by atoms with Crippen LogP contribution in [0.25, 0.3) is 22.3 Å². The van der Waals surface area contributed by atoms with E-state index in [2.05, 4.69) is 9.97 Å². The summed E-state index contributed by atoms with van der Waals surface area (Å²) in [4.78, 5) is 7.73. The monoisotopic (exact) mass is 358 g/mol. The van der Waals surface area contributed by atoms with Gasteiger partial charge in [-0.1, -0.05) is 12.1 Å². The third kappa shape index (κ3) is 3.06. The van der Waals surface area contributed by atoms with E-state index < -0.39 is 21.7 Å². The number of halogens is 3. The summed E-state index contributed by atoms with van der Waals surface area (Å²) in [6, 6.07) is 5.11. The molecule has 0 aliphatic heterocycles. The van der Waals surface area contributed by atoms with E-state index in [1.807, 2.05) is 0 Å². The van der Waals surface area contributed by atoms with E-state index in [1.54, 1.807) is 5.38 Å². The fourth-order valence-electron chi connectivity index (χ4n) is 2.06. The van der Waals surface area contributed by atoms with Gasteiger partial charge in [-0.05, 0) is 12.1 Å². The van der Waals surface area contributed by atoms with Crippen molar-refractivity contribution in [3.05, 3.63) is 40.7 Å². The van der Waals surface area contributed by atoms with Gasteiger partial charge in [0.2, 0.25) is 0 Å². The first-order valence-corrected chi connectivity index (χ1v) is 9.11. The van der Waals surface area contributed by atoms with Gasteiger partial charge in [-0.3, -0.25) is 0 Å². The number of nitrogens with zero attached hydrogens (tertiary/aromatic N) is 2.